The standard InChI is InChI=1S/C17H16N4O.C2H6/c22-17(19-14-6-3-7-16-13(14)10-18-21-16)20-15-9-8-11-4-1-2-5-12(11)15;1-2/h1-7,10,15H,8-9H2,(H,18,21)(H2,19,20,22);1-2H3. The molecule has 1 aliphatic carbocycles. The SMILES string of the molecule is CC.O=C(Nc1cccc2[nH]ncc12)NC1CCc2ccccc21. The maximum absolute atomic E-state index is 12.3. The molecule has 124 valence electrons. The Bertz CT molecular complexity index is 840. The smallest absolute Gasteiger partial charge is 0.319 e. The zero-order valence-corrected chi connectivity index (χ0v) is 14.0. The van der Waals surface area contributed by atoms with E-state index < -0.39 is 0 Å². The Balaban J connectivity index is 0.000000815. The zero-order chi connectivity index (χ0) is 16.9. The monoisotopic (exact) mass is 322 g/mol. The van der Waals surface area contributed by atoms with Crippen molar-refractivity contribution in [2.45, 2.75) is 32.7 Å². The lowest BCUT2D eigenvalue weighted by atomic mass is 10.1. The Morgan fingerprint density at radius 1 is 1.17 bits per heavy atom. The average Bonchev–Trinajstić information content (AvgIpc) is 3.25. The number of nitrogens with zero attached hydrogens (tertiary/aromatic N) is 1. The summed E-state index contributed by atoms with van der Waals surface area (Å²) in [5.74, 6) is 0. The quantitative estimate of drug-likeness (QED) is 0.654. The van der Waals surface area contributed by atoms with E-state index in [4.69, 9.17) is 0 Å². The van der Waals surface area contributed by atoms with Crippen molar-refractivity contribution >= 4 is 22.6 Å². The van der Waals surface area contributed by atoms with E-state index in [0.717, 1.165) is 29.4 Å². The predicted octanol–water partition coefficient (Wildman–Crippen LogP) is 4.40. The third-order valence-corrected chi connectivity index (χ3v) is 4.17. The molecular weight excluding hydrogens is 300 g/mol. The Hall–Kier alpha value is -2.82. The van der Waals surface area contributed by atoms with E-state index in [2.05, 4.69) is 33.0 Å². The summed E-state index contributed by atoms with van der Waals surface area (Å²) in [6.45, 7) is 4.00. The minimum absolute atomic E-state index is 0.0831. The molecule has 3 aromatic rings. The molecule has 1 unspecified atom stereocenters. The van der Waals surface area contributed by atoms with Gasteiger partial charge in [-0.1, -0.05) is 44.2 Å². The van der Waals surface area contributed by atoms with Gasteiger partial charge in [-0.05, 0) is 36.1 Å². The summed E-state index contributed by atoms with van der Waals surface area (Å²) >= 11 is 0. The van der Waals surface area contributed by atoms with Crippen LogP contribution >= 0.6 is 0 Å². The lowest BCUT2D eigenvalue weighted by Crippen LogP contribution is -2.31. The Morgan fingerprint density at radius 2 is 2.00 bits per heavy atom. The van der Waals surface area contributed by atoms with Gasteiger partial charge in [-0.2, -0.15) is 5.10 Å². The van der Waals surface area contributed by atoms with Crippen molar-refractivity contribution in [3.8, 4) is 0 Å². The van der Waals surface area contributed by atoms with Gasteiger partial charge in [-0.15, -0.1) is 0 Å². The molecule has 1 atom stereocenters. The third-order valence-electron chi connectivity index (χ3n) is 4.17. The van der Waals surface area contributed by atoms with Crippen molar-refractivity contribution in [2.75, 3.05) is 5.32 Å². The van der Waals surface area contributed by atoms with Gasteiger partial charge in [0.15, 0.2) is 0 Å². The normalized spacial score (nSPS) is 15.3. The Kier molecular flexibility index (Phi) is 4.79. The number of hydrogen-bond acceptors (Lipinski definition) is 2. The summed E-state index contributed by atoms with van der Waals surface area (Å²) in [6.07, 6.45) is 3.68. The van der Waals surface area contributed by atoms with Gasteiger partial charge in [0.25, 0.3) is 0 Å². The summed E-state index contributed by atoms with van der Waals surface area (Å²) in [7, 11) is 0. The molecule has 2 amide bonds. The van der Waals surface area contributed by atoms with E-state index in [0.29, 0.717) is 0 Å². The lowest BCUT2D eigenvalue weighted by molar-refractivity contribution is 0.248. The molecule has 2 aromatic carbocycles. The van der Waals surface area contributed by atoms with Gasteiger partial charge >= 0.3 is 6.03 Å². The minimum atomic E-state index is -0.185. The molecule has 3 N–H and O–H groups in total. The second kappa shape index (κ2) is 7.17. The van der Waals surface area contributed by atoms with E-state index in [1.807, 2.05) is 44.2 Å². The average molecular weight is 322 g/mol. The molecule has 0 saturated heterocycles. The molecule has 1 aliphatic rings. The van der Waals surface area contributed by atoms with Crippen LogP contribution in [0.15, 0.2) is 48.7 Å². The second-order valence-corrected chi connectivity index (χ2v) is 5.53. The highest BCUT2D eigenvalue weighted by atomic mass is 16.2. The number of benzene rings is 2. The number of fused-ring (bicyclic) bond motifs is 2. The number of urea groups is 1. The highest BCUT2D eigenvalue weighted by molar-refractivity contribution is 6.00. The van der Waals surface area contributed by atoms with E-state index in [9.17, 15) is 4.79 Å². The summed E-state index contributed by atoms with van der Waals surface area (Å²) in [5.41, 5.74) is 4.21. The molecule has 0 bridgehead atoms. The molecule has 5 heteroatoms. The highest BCUT2D eigenvalue weighted by Crippen LogP contribution is 2.30. The molecule has 4 rings (SSSR count). The predicted molar refractivity (Wildman–Crippen MR) is 97.1 cm³/mol. The molecule has 5 nitrogen and oxygen atoms in total. The number of aromatic amines is 1. The number of nitrogens with one attached hydrogen (secondary N) is 3. The number of rotatable bonds is 2. The van der Waals surface area contributed by atoms with Crippen LogP contribution in [0.3, 0.4) is 0 Å². The first-order chi connectivity index (χ1) is 11.8. The number of hydrogen-bond donors (Lipinski definition) is 3. The number of H-pyrrole nitrogens is 1. The van der Waals surface area contributed by atoms with E-state index in [-0.39, 0.29) is 12.1 Å². The van der Waals surface area contributed by atoms with E-state index >= 15 is 0 Å². The number of carbonyl (C=O) groups excluding carboxylic acids is 1. The zero-order valence-electron chi connectivity index (χ0n) is 14.0. The molecule has 0 radical (unpaired) electrons. The number of carbonyl (C=O) groups is 1. The van der Waals surface area contributed by atoms with E-state index in [1.54, 1.807) is 6.20 Å². The number of amides is 2. The van der Waals surface area contributed by atoms with Crippen LogP contribution < -0.4 is 10.6 Å². The fraction of sp³-hybridized carbons (Fsp3) is 0.263. The molecule has 1 aromatic heterocycles. The topological polar surface area (TPSA) is 69.8 Å². The van der Waals surface area contributed by atoms with Crippen molar-refractivity contribution < 1.29 is 4.79 Å². The van der Waals surface area contributed by atoms with Crippen molar-refractivity contribution in [1.82, 2.24) is 15.5 Å². The molecule has 1 heterocycles. The number of anilines is 1. The van der Waals surface area contributed by atoms with Gasteiger partial charge in [0.2, 0.25) is 0 Å². The van der Waals surface area contributed by atoms with Gasteiger partial charge in [-0.25, -0.2) is 4.79 Å². The maximum atomic E-state index is 12.3. The van der Waals surface area contributed by atoms with Crippen LogP contribution in [0.2, 0.25) is 0 Å². The van der Waals surface area contributed by atoms with Crippen molar-refractivity contribution in [2.24, 2.45) is 0 Å². The molecule has 0 spiro atoms. The number of aryl methyl sites for hydroxylation is 1. The van der Waals surface area contributed by atoms with Gasteiger partial charge < -0.3 is 10.6 Å². The van der Waals surface area contributed by atoms with Gasteiger partial charge in [0, 0.05) is 5.39 Å². The fourth-order valence-electron chi connectivity index (χ4n) is 3.10. The Labute approximate surface area is 141 Å². The van der Waals surface area contributed by atoms with Crippen LogP contribution in [-0.2, 0) is 6.42 Å². The van der Waals surface area contributed by atoms with Gasteiger partial charge in [-0.3, -0.25) is 5.10 Å². The van der Waals surface area contributed by atoms with Crippen LogP contribution in [0.1, 0.15) is 37.4 Å². The van der Waals surface area contributed by atoms with Crippen molar-refractivity contribution in [3.63, 3.8) is 0 Å². The summed E-state index contributed by atoms with van der Waals surface area (Å²) < 4.78 is 0. The van der Waals surface area contributed by atoms with Crippen molar-refractivity contribution in [1.29, 1.82) is 0 Å². The summed E-state index contributed by atoms with van der Waals surface area (Å²) in [5, 5.41) is 13.8. The minimum Gasteiger partial charge on any atom is -0.331 e. The first-order valence-electron chi connectivity index (χ1n) is 8.39. The molecular formula is C19H22N4O. The molecule has 0 fully saturated rings. The first-order valence-corrected chi connectivity index (χ1v) is 8.39. The maximum Gasteiger partial charge on any atom is 0.319 e. The number of aromatic nitrogens is 2. The van der Waals surface area contributed by atoms with Crippen LogP contribution in [0.25, 0.3) is 10.9 Å². The molecule has 24 heavy (non-hydrogen) atoms. The van der Waals surface area contributed by atoms with E-state index in [1.165, 1.54) is 11.1 Å². The fourth-order valence-corrected chi connectivity index (χ4v) is 3.10. The second-order valence-electron chi connectivity index (χ2n) is 5.53. The van der Waals surface area contributed by atoms with Crippen LogP contribution in [0, 0.1) is 0 Å². The summed E-state index contributed by atoms with van der Waals surface area (Å²) in [4.78, 5) is 12.3. The van der Waals surface area contributed by atoms with Gasteiger partial charge in [0.1, 0.15) is 0 Å². The van der Waals surface area contributed by atoms with Crippen LogP contribution in [0.4, 0.5) is 10.5 Å². The summed E-state index contributed by atoms with van der Waals surface area (Å²) in [6, 6.07) is 13.9. The first kappa shape index (κ1) is 16.1. The van der Waals surface area contributed by atoms with Gasteiger partial charge in [0.05, 0.1) is 23.4 Å². The largest absolute Gasteiger partial charge is 0.331 e. The third kappa shape index (κ3) is 3.11. The Morgan fingerprint density at radius 3 is 2.88 bits per heavy atom. The lowest BCUT2D eigenvalue weighted by Gasteiger charge is -2.15. The van der Waals surface area contributed by atoms with Crippen LogP contribution in [0.5, 0.6) is 0 Å². The molecule has 0 saturated carbocycles. The molecule has 0 aliphatic heterocycles. The van der Waals surface area contributed by atoms with Crippen LogP contribution in [-0.4, -0.2) is 16.2 Å². The van der Waals surface area contributed by atoms with Crippen molar-refractivity contribution in [3.05, 3.63) is 59.8 Å². The highest BCUT2D eigenvalue weighted by Gasteiger charge is 2.23.